The summed E-state index contributed by atoms with van der Waals surface area (Å²) in [6, 6.07) is 10.2. The monoisotopic (exact) mass is 2560 g/mol. The molecule has 1 aromatic carbocycles. The number of hydrogen-bond acceptors (Lipinski definition) is 0. The van der Waals surface area contributed by atoms with Crippen molar-refractivity contribution in [1.29, 1.82) is 0 Å². The number of unbranched alkanes of at least 4 members (excludes halogenated alkanes) is 28. The van der Waals surface area contributed by atoms with E-state index >= 15 is 0 Å². The van der Waals surface area contributed by atoms with Crippen LogP contribution in [0.15, 0.2) is 30.3 Å². The molecule has 0 aliphatic rings. The molecule has 0 aliphatic carbocycles. The van der Waals surface area contributed by atoms with Crippen LogP contribution in [0.5, 0.6) is 0 Å². The summed E-state index contributed by atoms with van der Waals surface area (Å²) < 4.78 is 3.10. The molecule has 0 aromatic heterocycles. The van der Waals surface area contributed by atoms with E-state index in [-0.39, 0.29) is 41.8 Å². The smallest absolute Gasteiger partial charge is 0.343 e. The average molecular weight is 2560 g/mol. The molecule has 0 radical (unpaired) electrons. The van der Waals surface area contributed by atoms with Gasteiger partial charge in [-0.2, -0.15) is 23.9 Å². The van der Waals surface area contributed by atoms with Crippen LogP contribution in [0.2, 0.25) is 0 Å². The van der Waals surface area contributed by atoms with Crippen LogP contribution in [-0.4, -0.2) is 29.4 Å². The van der Waals surface area contributed by atoms with Gasteiger partial charge < -0.3 is 13.8 Å². The largest absolute Gasteiger partial charge is 2.00 e. The molecule has 127 heavy (non-hydrogen) atoms. The second-order valence-electron chi connectivity index (χ2n) is 42.9. The SMILES string of the molecule is C.C.C.CCC(C)(C)C.CCC(C)(C)I.CCC(C)(C)I.CCCCCCC(C)(C)CC.CCCCCCC(C)(I)CC.CCCCCCC(C)(I)CC.CCCCCCC(C)C(C)(C)C.CCCCCCC(C)C(C)(C)I.CCCCCCC(C)C(C)(C)I.Cl[SiH2]c1ccccc1.[CH2-]CCCCC(CC)CCCCCC.[CH2-]CCCCC(CC)CCCCCC.[Zn+2]. The third kappa shape index (κ3) is 162. The normalized spacial score (nSPS) is 13.3. The van der Waals surface area contributed by atoms with Gasteiger partial charge in [-0.3, -0.25) is 0 Å². The third-order valence-corrected chi connectivity index (χ3v) is 33.5. The summed E-state index contributed by atoms with van der Waals surface area (Å²) in [6.07, 6.45) is 77.4. The van der Waals surface area contributed by atoms with Gasteiger partial charge in [0.1, 0.15) is 0 Å². The van der Waals surface area contributed by atoms with Gasteiger partial charge in [-0.05, 0) is 109 Å². The van der Waals surface area contributed by atoms with E-state index in [1.165, 1.54) is 352 Å². The Morgan fingerprint density at radius 3 is 0.685 bits per heavy atom. The van der Waals surface area contributed by atoms with Crippen molar-refractivity contribution >= 4 is 161 Å². The summed E-state index contributed by atoms with van der Waals surface area (Å²) in [5, 5.41) is 1.31. The van der Waals surface area contributed by atoms with E-state index in [1.807, 2.05) is 18.2 Å². The molecule has 9 heteroatoms. The summed E-state index contributed by atoms with van der Waals surface area (Å²) in [5.41, 5.74) is 1.64. The van der Waals surface area contributed by atoms with Crippen LogP contribution in [0.1, 0.15) is 638 Å². The summed E-state index contributed by atoms with van der Waals surface area (Å²) in [5.74, 6) is 4.58. The molecule has 0 saturated heterocycles. The molecule has 0 fully saturated rings. The fourth-order valence-corrected chi connectivity index (χ4v) is 14.1. The Balaban J connectivity index is -0.0000000833. The van der Waals surface area contributed by atoms with E-state index in [2.05, 4.69) is 418 Å². The topological polar surface area (TPSA) is 0 Å². The van der Waals surface area contributed by atoms with Crippen LogP contribution in [0.4, 0.5) is 0 Å². The molecule has 778 valence electrons. The van der Waals surface area contributed by atoms with Crippen molar-refractivity contribution in [3.8, 4) is 0 Å². The summed E-state index contributed by atoms with van der Waals surface area (Å²) in [7, 11) is -0.437. The Labute approximate surface area is 917 Å². The van der Waals surface area contributed by atoms with Crippen molar-refractivity contribution in [2.75, 3.05) is 0 Å². The second kappa shape index (κ2) is 114. The van der Waals surface area contributed by atoms with E-state index in [1.54, 1.807) is 0 Å². The van der Waals surface area contributed by atoms with Crippen molar-refractivity contribution in [3.05, 3.63) is 44.2 Å². The number of alkyl halides is 6. The number of benzene rings is 1. The molecule has 0 saturated carbocycles. The third-order valence-electron chi connectivity index (χ3n) is 25.6. The summed E-state index contributed by atoms with van der Waals surface area (Å²) >= 11 is 20.9. The van der Waals surface area contributed by atoms with Gasteiger partial charge in [-0.25, -0.2) is 0 Å². The van der Waals surface area contributed by atoms with Gasteiger partial charge in [0.05, 0.1) is 0 Å². The standard InChI is InChI=1S/2C14H29.C12H26.2C11H23I.C11H24.2C10H21I.C6H7ClSi.C6H14.2C5H11I.3CH4.Zn/c2*1-4-7-9-11-13-14(6-3)12-10-8-5-2;1-6-7-8-9-10-11(2)12(3,4)5;2*1-5-6-7-8-9-10(2)11(3,4)12;1-5-7-8-9-10-11(3,4)6-2;2*1-4-6-7-8-9-10(3,11)5-2;7-8-6-4-2-1-3-5-6;1-5-6(2,3)4;2*1-4-5(2,3)6;;;;/h2*14H,2,4-13H2,1,3H3;11H,6-10H2,1-5H3;2*10H,5-9H2,1-4H3;5-10H2,1-4H3;2*4-9H2,1-3H3;1-5H,8H2;5H2,1-4H3;2*4H2,1-3H3;3*1H4;/q2*-1;;;;;;;;;;;;;;+2. The molecule has 7 atom stereocenters. The van der Waals surface area contributed by atoms with Gasteiger partial charge in [0.25, 0.3) is 0 Å². The molecule has 7 unspecified atom stereocenters. The first-order chi connectivity index (χ1) is 57.1. The number of hydrogen-bond donors (Lipinski definition) is 0. The Kier molecular flexibility index (Phi) is 149. The van der Waals surface area contributed by atoms with Crippen molar-refractivity contribution in [3.63, 3.8) is 0 Å². The fourth-order valence-electron chi connectivity index (χ4n) is 11.8. The molecule has 0 heterocycles. The zero-order valence-corrected chi connectivity index (χ0v) is 111. The molecule has 0 spiro atoms. The fraction of sp³-hybridized carbons (Fsp3) is 0.932. The van der Waals surface area contributed by atoms with Crippen LogP contribution in [0.25, 0.3) is 0 Å². The maximum absolute atomic E-state index is 5.67. The van der Waals surface area contributed by atoms with Gasteiger partial charge in [0.2, 0.25) is 0 Å². The van der Waals surface area contributed by atoms with E-state index in [0.29, 0.717) is 36.8 Å². The van der Waals surface area contributed by atoms with Gasteiger partial charge in [0, 0.05) is 20.5 Å². The minimum atomic E-state index is -0.437. The Bertz CT molecular complexity index is 1860. The Morgan fingerprint density at radius 1 is 0.291 bits per heavy atom. The van der Waals surface area contributed by atoms with Crippen LogP contribution in [0, 0.1) is 59.7 Å². The van der Waals surface area contributed by atoms with Crippen LogP contribution in [0.3, 0.4) is 0 Å². The van der Waals surface area contributed by atoms with E-state index in [0.717, 1.165) is 42.4 Å². The maximum atomic E-state index is 5.67. The van der Waals surface area contributed by atoms with Crippen molar-refractivity contribution in [1.82, 2.24) is 0 Å². The zero-order valence-electron chi connectivity index (χ0n) is 92.8. The van der Waals surface area contributed by atoms with Crippen LogP contribution in [-0.2, 0) is 19.5 Å². The number of rotatable bonds is 58. The minimum absolute atomic E-state index is 0. The van der Waals surface area contributed by atoms with Gasteiger partial charge in [-0.15, -0.1) is 0 Å². The molecule has 1 rings (SSSR count). The van der Waals surface area contributed by atoms with Crippen LogP contribution < -0.4 is 5.19 Å². The average Bonchev–Trinajstić information content (AvgIpc) is 0.937. The van der Waals surface area contributed by atoms with Crippen molar-refractivity contribution < 1.29 is 19.5 Å². The quantitative estimate of drug-likeness (QED) is 0.0152. The van der Waals surface area contributed by atoms with Crippen molar-refractivity contribution in [2.24, 2.45) is 45.8 Å². The predicted octanol–water partition coefficient (Wildman–Crippen LogP) is 48.7. The first kappa shape index (κ1) is 165. The number of halogens is 7. The molecule has 0 bridgehead atoms. The summed E-state index contributed by atoms with van der Waals surface area (Å²) in [6.45, 7) is 92.7. The molecule has 0 amide bonds. The van der Waals surface area contributed by atoms with Crippen molar-refractivity contribution in [2.45, 2.75) is 659 Å². The molecular formula is C118H251ClI6SiZn. The Morgan fingerprint density at radius 2 is 0.512 bits per heavy atom. The first-order valence-corrected chi connectivity index (χ1v) is 62.8. The van der Waals surface area contributed by atoms with Gasteiger partial charge in [-0.1, -0.05) is 733 Å². The predicted molar refractivity (Wildman–Crippen MR) is 665 cm³/mol. The van der Waals surface area contributed by atoms with Gasteiger partial charge >= 0.3 is 19.5 Å². The van der Waals surface area contributed by atoms with E-state index in [9.17, 15) is 0 Å². The van der Waals surface area contributed by atoms with Crippen LogP contribution >= 0.6 is 147 Å². The van der Waals surface area contributed by atoms with Gasteiger partial charge in [0.15, 0.2) is 8.83 Å². The second-order valence-corrected chi connectivity index (χ2v) is 61.3. The molecule has 0 N–H and O–H groups in total. The first-order valence-electron chi connectivity index (χ1n) is 53.4. The molecule has 0 aliphatic heterocycles. The van der Waals surface area contributed by atoms with E-state index in [4.69, 9.17) is 11.1 Å². The molecule has 1 aromatic rings. The Hall–Kier alpha value is 4.73. The molecular weight excluding hydrogens is 2310 g/mol. The van der Waals surface area contributed by atoms with E-state index < -0.39 is 8.83 Å². The zero-order chi connectivity index (χ0) is 97.8. The maximum Gasteiger partial charge on any atom is 2.00 e. The minimum Gasteiger partial charge on any atom is -0.343 e. The summed E-state index contributed by atoms with van der Waals surface area (Å²) in [4.78, 5) is 0. The molecule has 0 nitrogen and oxygen atoms in total.